The first-order valence-corrected chi connectivity index (χ1v) is 5.62. The summed E-state index contributed by atoms with van der Waals surface area (Å²) in [5.74, 6) is 1.70. The third-order valence-electron chi connectivity index (χ3n) is 1.97. The Bertz CT molecular complexity index is 371. The number of hydrogen-bond donors (Lipinski definition) is 3. The van der Waals surface area contributed by atoms with Gasteiger partial charge in [-0.25, -0.2) is 9.97 Å². The first kappa shape index (κ1) is 13.2. The minimum Gasteiger partial charge on any atom is -0.384 e. The maximum Gasteiger partial charge on any atom is 0.221 e. The molecule has 0 aliphatic rings. The van der Waals surface area contributed by atoms with Crippen LogP contribution in [0.1, 0.15) is 26.1 Å². The fraction of sp³-hybridized carbons (Fsp3) is 0.545. The van der Waals surface area contributed by atoms with E-state index in [4.69, 9.17) is 5.73 Å². The van der Waals surface area contributed by atoms with E-state index >= 15 is 0 Å². The van der Waals surface area contributed by atoms with E-state index in [1.807, 2.05) is 13.8 Å². The van der Waals surface area contributed by atoms with Gasteiger partial charge in [0, 0.05) is 25.1 Å². The van der Waals surface area contributed by atoms with Crippen molar-refractivity contribution in [3.05, 3.63) is 11.9 Å². The first-order chi connectivity index (χ1) is 7.97. The molecule has 0 spiro atoms. The van der Waals surface area contributed by atoms with Crippen molar-refractivity contribution in [3.8, 4) is 0 Å². The van der Waals surface area contributed by atoms with E-state index in [-0.39, 0.29) is 11.9 Å². The molecular formula is C11H19N5O. The highest BCUT2D eigenvalue weighted by molar-refractivity contribution is 5.76. The van der Waals surface area contributed by atoms with Crippen molar-refractivity contribution >= 4 is 17.5 Å². The molecule has 6 nitrogen and oxygen atoms in total. The van der Waals surface area contributed by atoms with Gasteiger partial charge in [-0.05, 0) is 20.8 Å². The first-order valence-electron chi connectivity index (χ1n) is 5.62. The summed E-state index contributed by atoms with van der Waals surface area (Å²) in [6, 6.07) is 1.81. The fourth-order valence-corrected chi connectivity index (χ4v) is 1.38. The van der Waals surface area contributed by atoms with E-state index in [0.29, 0.717) is 30.4 Å². The van der Waals surface area contributed by atoms with E-state index in [2.05, 4.69) is 20.6 Å². The van der Waals surface area contributed by atoms with Crippen LogP contribution in [-0.2, 0) is 4.79 Å². The monoisotopic (exact) mass is 237 g/mol. The summed E-state index contributed by atoms with van der Waals surface area (Å²) in [5.41, 5.74) is 5.59. The number of nitrogens with one attached hydrogen (secondary N) is 2. The van der Waals surface area contributed by atoms with E-state index < -0.39 is 0 Å². The predicted molar refractivity (Wildman–Crippen MR) is 67.6 cm³/mol. The third kappa shape index (κ3) is 5.14. The van der Waals surface area contributed by atoms with Gasteiger partial charge in [0.25, 0.3) is 0 Å². The van der Waals surface area contributed by atoms with Crippen molar-refractivity contribution in [2.24, 2.45) is 0 Å². The second-order valence-electron chi connectivity index (χ2n) is 4.12. The number of carbonyl (C=O) groups is 1. The number of aromatic nitrogens is 2. The van der Waals surface area contributed by atoms with E-state index in [0.717, 1.165) is 0 Å². The molecular weight excluding hydrogens is 218 g/mol. The number of rotatable bonds is 5. The van der Waals surface area contributed by atoms with Crippen molar-refractivity contribution in [1.29, 1.82) is 0 Å². The lowest BCUT2D eigenvalue weighted by atomic mass is 10.3. The molecule has 0 atom stereocenters. The Morgan fingerprint density at radius 2 is 2.18 bits per heavy atom. The van der Waals surface area contributed by atoms with Crippen LogP contribution in [-0.4, -0.2) is 28.5 Å². The second kappa shape index (κ2) is 6.03. The van der Waals surface area contributed by atoms with Crippen molar-refractivity contribution in [3.63, 3.8) is 0 Å². The number of nitrogen functional groups attached to an aromatic ring is 1. The molecule has 94 valence electrons. The Kier molecular flexibility index (Phi) is 4.68. The normalized spacial score (nSPS) is 10.4. The zero-order valence-electron chi connectivity index (χ0n) is 10.4. The number of nitrogens with zero attached hydrogens (tertiary/aromatic N) is 2. The van der Waals surface area contributed by atoms with Gasteiger partial charge in [0.2, 0.25) is 5.91 Å². The van der Waals surface area contributed by atoms with E-state index in [9.17, 15) is 4.79 Å². The van der Waals surface area contributed by atoms with Gasteiger partial charge in [-0.3, -0.25) is 4.79 Å². The van der Waals surface area contributed by atoms with Crippen LogP contribution in [0.25, 0.3) is 0 Å². The molecule has 1 aromatic rings. The molecule has 0 radical (unpaired) electrons. The van der Waals surface area contributed by atoms with Crippen LogP contribution < -0.4 is 16.4 Å². The summed E-state index contributed by atoms with van der Waals surface area (Å²) in [4.78, 5) is 19.5. The van der Waals surface area contributed by atoms with Gasteiger partial charge in [0.15, 0.2) is 0 Å². The maximum absolute atomic E-state index is 11.4. The minimum atomic E-state index is 0.0197. The molecule has 1 amide bonds. The Balaban J connectivity index is 2.38. The van der Waals surface area contributed by atoms with E-state index in [1.165, 1.54) is 0 Å². The van der Waals surface area contributed by atoms with Crippen LogP contribution in [0.5, 0.6) is 0 Å². The zero-order valence-corrected chi connectivity index (χ0v) is 10.4. The van der Waals surface area contributed by atoms with E-state index in [1.54, 1.807) is 13.0 Å². The number of aryl methyl sites for hydroxylation is 1. The Morgan fingerprint density at radius 1 is 1.47 bits per heavy atom. The molecule has 0 saturated carbocycles. The van der Waals surface area contributed by atoms with Gasteiger partial charge < -0.3 is 16.4 Å². The molecule has 0 unspecified atom stereocenters. The largest absolute Gasteiger partial charge is 0.384 e. The Hall–Kier alpha value is -1.85. The molecule has 0 bridgehead atoms. The van der Waals surface area contributed by atoms with Crippen molar-refractivity contribution in [2.75, 3.05) is 17.6 Å². The highest BCUT2D eigenvalue weighted by Crippen LogP contribution is 2.07. The Labute approximate surface area is 101 Å². The maximum atomic E-state index is 11.4. The molecule has 0 aliphatic heterocycles. The molecule has 0 saturated heterocycles. The van der Waals surface area contributed by atoms with Gasteiger partial charge in [0.05, 0.1) is 0 Å². The quantitative estimate of drug-likeness (QED) is 0.700. The summed E-state index contributed by atoms with van der Waals surface area (Å²) in [7, 11) is 0. The van der Waals surface area contributed by atoms with Gasteiger partial charge in [-0.2, -0.15) is 0 Å². The number of amides is 1. The Morgan fingerprint density at radius 3 is 2.76 bits per heavy atom. The van der Waals surface area contributed by atoms with Crippen molar-refractivity contribution < 1.29 is 4.79 Å². The average molecular weight is 237 g/mol. The zero-order chi connectivity index (χ0) is 12.8. The molecule has 6 heteroatoms. The SMILES string of the molecule is Cc1nc(N)cc(NCCC(=O)NC(C)C)n1. The predicted octanol–water partition coefficient (Wildman–Crippen LogP) is 0.694. The van der Waals surface area contributed by atoms with Crippen LogP contribution in [0.15, 0.2) is 6.07 Å². The minimum absolute atomic E-state index is 0.0197. The number of hydrogen-bond acceptors (Lipinski definition) is 5. The van der Waals surface area contributed by atoms with Crippen LogP contribution in [0.2, 0.25) is 0 Å². The average Bonchev–Trinajstić information content (AvgIpc) is 2.14. The molecule has 1 heterocycles. The smallest absolute Gasteiger partial charge is 0.221 e. The van der Waals surface area contributed by atoms with Crippen LogP contribution in [0.4, 0.5) is 11.6 Å². The van der Waals surface area contributed by atoms with Gasteiger partial charge in [0.1, 0.15) is 17.5 Å². The standard InChI is InChI=1S/C11H19N5O/c1-7(2)14-11(17)4-5-13-10-6-9(12)15-8(3)16-10/h6-7H,4-5H2,1-3H3,(H,14,17)(H3,12,13,15,16). The van der Waals surface area contributed by atoms with Crippen LogP contribution in [0.3, 0.4) is 0 Å². The summed E-state index contributed by atoms with van der Waals surface area (Å²) in [5, 5.41) is 5.85. The fourth-order valence-electron chi connectivity index (χ4n) is 1.38. The van der Waals surface area contributed by atoms with Crippen molar-refractivity contribution in [2.45, 2.75) is 33.2 Å². The summed E-state index contributed by atoms with van der Waals surface area (Å²) < 4.78 is 0. The second-order valence-corrected chi connectivity index (χ2v) is 4.12. The highest BCUT2D eigenvalue weighted by Gasteiger charge is 2.03. The molecule has 1 rings (SSSR count). The molecule has 17 heavy (non-hydrogen) atoms. The topological polar surface area (TPSA) is 92.9 Å². The summed E-state index contributed by atoms with van der Waals surface area (Å²) in [6.07, 6.45) is 0.404. The lowest BCUT2D eigenvalue weighted by Gasteiger charge is -2.09. The third-order valence-corrected chi connectivity index (χ3v) is 1.97. The summed E-state index contributed by atoms with van der Waals surface area (Å²) >= 11 is 0. The summed E-state index contributed by atoms with van der Waals surface area (Å²) in [6.45, 7) is 6.15. The van der Waals surface area contributed by atoms with Crippen LogP contribution >= 0.6 is 0 Å². The number of nitrogens with two attached hydrogens (primary N) is 1. The molecule has 4 N–H and O–H groups in total. The van der Waals surface area contributed by atoms with Crippen molar-refractivity contribution in [1.82, 2.24) is 15.3 Å². The van der Waals surface area contributed by atoms with Crippen LogP contribution in [0, 0.1) is 6.92 Å². The van der Waals surface area contributed by atoms with Gasteiger partial charge in [-0.15, -0.1) is 0 Å². The highest BCUT2D eigenvalue weighted by atomic mass is 16.1. The lowest BCUT2D eigenvalue weighted by molar-refractivity contribution is -0.121. The number of anilines is 2. The number of carbonyl (C=O) groups excluding carboxylic acids is 1. The molecule has 1 aromatic heterocycles. The molecule has 0 aromatic carbocycles. The lowest BCUT2D eigenvalue weighted by Crippen LogP contribution is -2.31. The molecule has 0 aliphatic carbocycles. The molecule has 0 fully saturated rings. The van der Waals surface area contributed by atoms with Gasteiger partial charge in [-0.1, -0.05) is 0 Å². The van der Waals surface area contributed by atoms with Gasteiger partial charge >= 0.3 is 0 Å².